The Morgan fingerprint density at radius 1 is 1.39 bits per heavy atom. The van der Waals surface area contributed by atoms with Crippen molar-refractivity contribution in [3.63, 3.8) is 0 Å². The van der Waals surface area contributed by atoms with E-state index in [2.05, 4.69) is 31.3 Å². The molecule has 0 bridgehead atoms. The molecule has 1 fully saturated rings. The molecule has 1 unspecified atom stereocenters. The van der Waals surface area contributed by atoms with Crippen molar-refractivity contribution in [2.24, 2.45) is 0 Å². The molecule has 0 aliphatic carbocycles. The predicted octanol–water partition coefficient (Wildman–Crippen LogP) is 2.87. The number of benzene rings is 1. The van der Waals surface area contributed by atoms with E-state index in [9.17, 15) is 4.79 Å². The van der Waals surface area contributed by atoms with Gasteiger partial charge >= 0.3 is 0 Å². The fourth-order valence-electron chi connectivity index (χ4n) is 2.47. The van der Waals surface area contributed by atoms with Gasteiger partial charge in [0.2, 0.25) is 5.91 Å². The average Bonchev–Trinajstić information content (AvgIpc) is 2.82. The van der Waals surface area contributed by atoms with Crippen LogP contribution in [0.5, 0.6) is 0 Å². The lowest BCUT2D eigenvalue weighted by molar-refractivity contribution is -0.117. The number of nitrogens with one attached hydrogen (secondary N) is 1. The highest BCUT2D eigenvalue weighted by atomic mass is 16.2. The largest absolute Gasteiger partial charge is 0.312 e. The second-order valence-corrected chi connectivity index (χ2v) is 4.88. The molecule has 0 spiro atoms. The van der Waals surface area contributed by atoms with E-state index in [1.807, 2.05) is 17.0 Å². The first-order chi connectivity index (χ1) is 8.74. The van der Waals surface area contributed by atoms with Crippen molar-refractivity contribution in [3.05, 3.63) is 29.8 Å². The maximum absolute atomic E-state index is 11.9. The first kappa shape index (κ1) is 13.1. The number of carbonyl (C=O) groups excluding carboxylic acids is 1. The van der Waals surface area contributed by atoms with Crippen LogP contribution >= 0.6 is 0 Å². The molecule has 1 heterocycles. The molecule has 1 aromatic carbocycles. The lowest BCUT2D eigenvalue weighted by atomic mass is 10.1. The van der Waals surface area contributed by atoms with Crippen LogP contribution in [-0.2, 0) is 4.79 Å². The molecular weight excluding hydrogens is 224 g/mol. The third kappa shape index (κ3) is 2.72. The second kappa shape index (κ2) is 6.01. The van der Waals surface area contributed by atoms with Crippen molar-refractivity contribution in [1.82, 2.24) is 5.32 Å². The first-order valence-corrected chi connectivity index (χ1v) is 6.86. The van der Waals surface area contributed by atoms with Crippen LogP contribution in [0.4, 0.5) is 5.69 Å². The van der Waals surface area contributed by atoms with E-state index in [0.29, 0.717) is 6.42 Å². The van der Waals surface area contributed by atoms with Crippen molar-refractivity contribution in [3.8, 4) is 0 Å². The monoisotopic (exact) mass is 246 g/mol. The van der Waals surface area contributed by atoms with E-state index >= 15 is 0 Å². The van der Waals surface area contributed by atoms with Gasteiger partial charge in [-0.3, -0.25) is 4.79 Å². The number of carbonyl (C=O) groups is 1. The van der Waals surface area contributed by atoms with Crippen molar-refractivity contribution < 1.29 is 4.79 Å². The summed E-state index contributed by atoms with van der Waals surface area (Å²) in [6.07, 6.45) is 2.78. The maximum Gasteiger partial charge on any atom is 0.227 e. The smallest absolute Gasteiger partial charge is 0.227 e. The lowest BCUT2D eigenvalue weighted by Gasteiger charge is -2.23. The Morgan fingerprint density at radius 2 is 2.17 bits per heavy atom. The van der Waals surface area contributed by atoms with Gasteiger partial charge in [0.25, 0.3) is 0 Å². The molecule has 1 aliphatic heterocycles. The normalized spacial score (nSPS) is 17.2. The fourth-order valence-corrected chi connectivity index (χ4v) is 2.47. The van der Waals surface area contributed by atoms with Gasteiger partial charge in [-0.1, -0.05) is 25.1 Å². The Hall–Kier alpha value is -1.35. The van der Waals surface area contributed by atoms with Gasteiger partial charge in [0, 0.05) is 24.7 Å². The highest BCUT2D eigenvalue weighted by Crippen LogP contribution is 2.29. The first-order valence-electron chi connectivity index (χ1n) is 6.86. The number of rotatable bonds is 5. The van der Waals surface area contributed by atoms with Gasteiger partial charge < -0.3 is 10.2 Å². The van der Waals surface area contributed by atoms with Gasteiger partial charge in [0.15, 0.2) is 0 Å². The van der Waals surface area contributed by atoms with E-state index in [4.69, 9.17) is 0 Å². The van der Waals surface area contributed by atoms with Gasteiger partial charge in [-0.15, -0.1) is 0 Å². The maximum atomic E-state index is 11.9. The van der Waals surface area contributed by atoms with Gasteiger partial charge in [0.05, 0.1) is 0 Å². The summed E-state index contributed by atoms with van der Waals surface area (Å²) in [4.78, 5) is 13.8. The zero-order chi connectivity index (χ0) is 13.0. The zero-order valence-corrected chi connectivity index (χ0v) is 11.3. The number of nitrogens with zero attached hydrogens (tertiary/aromatic N) is 1. The Morgan fingerprint density at radius 3 is 2.83 bits per heavy atom. The van der Waals surface area contributed by atoms with Crippen LogP contribution in [0.3, 0.4) is 0 Å². The van der Waals surface area contributed by atoms with Crippen LogP contribution in [-0.4, -0.2) is 19.0 Å². The third-order valence-corrected chi connectivity index (χ3v) is 3.47. The number of amides is 1. The molecule has 1 aliphatic rings. The molecular formula is C15H22N2O. The predicted molar refractivity (Wildman–Crippen MR) is 74.7 cm³/mol. The van der Waals surface area contributed by atoms with Crippen molar-refractivity contribution >= 4 is 11.6 Å². The summed E-state index contributed by atoms with van der Waals surface area (Å²) < 4.78 is 0. The second-order valence-electron chi connectivity index (χ2n) is 4.88. The van der Waals surface area contributed by atoms with Crippen LogP contribution in [0.25, 0.3) is 0 Å². The summed E-state index contributed by atoms with van der Waals surface area (Å²) in [6, 6.07) is 8.52. The molecule has 0 saturated carbocycles. The quantitative estimate of drug-likeness (QED) is 0.866. The molecule has 1 aromatic rings. The molecule has 1 atom stereocenters. The van der Waals surface area contributed by atoms with Crippen LogP contribution < -0.4 is 10.2 Å². The van der Waals surface area contributed by atoms with E-state index in [-0.39, 0.29) is 11.9 Å². The Balaban J connectivity index is 2.22. The minimum absolute atomic E-state index is 0.255. The van der Waals surface area contributed by atoms with Crippen molar-refractivity contribution in [1.29, 1.82) is 0 Å². The van der Waals surface area contributed by atoms with E-state index < -0.39 is 0 Å². The minimum atomic E-state index is 0.255. The van der Waals surface area contributed by atoms with Crippen LogP contribution in [0, 0.1) is 0 Å². The third-order valence-electron chi connectivity index (χ3n) is 3.47. The van der Waals surface area contributed by atoms with E-state index in [1.54, 1.807) is 0 Å². The fraction of sp³-hybridized carbons (Fsp3) is 0.533. The molecule has 2 rings (SSSR count). The van der Waals surface area contributed by atoms with Crippen LogP contribution in [0.2, 0.25) is 0 Å². The summed E-state index contributed by atoms with van der Waals surface area (Å²) in [5, 5.41) is 3.49. The minimum Gasteiger partial charge on any atom is -0.312 e. The highest BCUT2D eigenvalue weighted by molar-refractivity contribution is 5.96. The van der Waals surface area contributed by atoms with Crippen LogP contribution in [0.15, 0.2) is 24.3 Å². The average molecular weight is 246 g/mol. The van der Waals surface area contributed by atoms with Gasteiger partial charge in [-0.25, -0.2) is 0 Å². The molecule has 1 saturated heterocycles. The lowest BCUT2D eigenvalue weighted by Crippen LogP contribution is -2.27. The summed E-state index contributed by atoms with van der Waals surface area (Å²) >= 11 is 0. The summed E-state index contributed by atoms with van der Waals surface area (Å²) in [5.41, 5.74) is 2.30. The Bertz CT molecular complexity index is 417. The van der Waals surface area contributed by atoms with E-state index in [1.165, 1.54) is 5.56 Å². The molecule has 3 heteroatoms. The number of para-hydroxylation sites is 1. The molecule has 1 amide bonds. The SMILES string of the molecule is CCCNC(C)c1ccccc1N1CCCC1=O. The van der Waals surface area contributed by atoms with Gasteiger partial charge in [-0.05, 0) is 37.9 Å². The number of anilines is 1. The number of hydrogen-bond donors (Lipinski definition) is 1. The van der Waals surface area contributed by atoms with Crippen molar-refractivity contribution in [2.45, 2.75) is 39.2 Å². The van der Waals surface area contributed by atoms with E-state index in [0.717, 1.165) is 31.6 Å². The zero-order valence-electron chi connectivity index (χ0n) is 11.3. The van der Waals surface area contributed by atoms with Crippen molar-refractivity contribution in [2.75, 3.05) is 18.0 Å². The molecule has 0 radical (unpaired) electrons. The summed E-state index contributed by atoms with van der Waals surface area (Å²) in [6.45, 7) is 6.18. The summed E-state index contributed by atoms with van der Waals surface area (Å²) in [5.74, 6) is 0.255. The Kier molecular flexibility index (Phi) is 4.37. The molecule has 1 N–H and O–H groups in total. The molecule has 98 valence electrons. The highest BCUT2D eigenvalue weighted by Gasteiger charge is 2.24. The number of hydrogen-bond acceptors (Lipinski definition) is 2. The topological polar surface area (TPSA) is 32.3 Å². The molecule has 3 nitrogen and oxygen atoms in total. The van der Waals surface area contributed by atoms with Gasteiger partial charge in [-0.2, -0.15) is 0 Å². The van der Waals surface area contributed by atoms with Crippen LogP contribution in [0.1, 0.15) is 44.7 Å². The Labute approximate surface area is 109 Å². The molecule has 18 heavy (non-hydrogen) atoms. The standard InChI is InChI=1S/C15H22N2O/c1-3-10-16-12(2)13-7-4-5-8-14(13)17-11-6-9-15(17)18/h4-5,7-8,12,16H,3,6,9-11H2,1-2H3. The summed E-state index contributed by atoms with van der Waals surface area (Å²) in [7, 11) is 0. The van der Waals surface area contributed by atoms with Gasteiger partial charge in [0.1, 0.15) is 0 Å². The molecule has 0 aromatic heterocycles.